The first-order valence-corrected chi connectivity index (χ1v) is 5.44. The molecule has 3 nitrogen and oxygen atoms in total. The van der Waals surface area contributed by atoms with Crippen molar-refractivity contribution in [3.05, 3.63) is 35.2 Å². The zero-order valence-electron chi connectivity index (χ0n) is 8.01. The van der Waals surface area contributed by atoms with Gasteiger partial charge in [0.2, 0.25) is 0 Å². The van der Waals surface area contributed by atoms with Crippen LogP contribution in [0.25, 0.3) is 10.1 Å². The number of rotatable bonds is 3. The average Bonchev–Trinajstić information content (AvgIpc) is 2.59. The van der Waals surface area contributed by atoms with Crippen molar-refractivity contribution in [3.63, 3.8) is 0 Å². The summed E-state index contributed by atoms with van der Waals surface area (Å²) in [6, 6.07) is 9.50. The van der Waals surface area contributed by atoms with Crippen LogP contribution in [0.15, 0.2) is 30.3 Å². The molecule has 0 fully saturated rings. The molecule has 0 amide bonds. The van der Waals surface area contributed by atoms with Gasteiger partial charge in [0.25, 0.3) is 0 Å². The molecule has 4 heteroatoms. The van der Waals surface area contributed by atoms with E-state index in [1.54, 1.807) is 11.3 Å². The number of fused-ring (bicyclic) bond motifs is 1. The van der Waals surface area contributed by atoms with Crippen LogP contribution in [0.5, 0.6) is 0 Å². The van der Waals surface area contributed by atoms with Crippen molar-refractivity contribution < 1.29 is 9.90 Å². The lowest BCUT2D eigenvalue weighted by Crippen LogP contribution is -2.13. The second kappa shape index (κ2) is 4.00. The number of thiophene rings is 1. The van der Waals surface area contributed by atoms with Crippen molar-refractivity contribution >= 4 is 27.4 Å². The van der Waals surface area contributed by atoms with Gasteiger partial charge in [-0.25, -0.2) is 0 Å². The zero-order chi connectivity index (χ0) is 10.8. The molecule has 2 aromatic rings. The van der Waals surface area contributed by atoms with Gasteiger partial charge in [-0.3, -0.25) is 4.79 Å². The Morgan fingerprint density at radius 2 is 2.20 bits per heavy atom. The summed E-state index contributed by atoms with van der Waals surface area (Å²) in [5.74, 6) is -0.861. The third-order valence-corrected chi connectivity index (χ3v) is 3.45. The van der Waals surface area contributed by atoms with Crippen molar-refractivity contribution in [1.82, 2.24) is 0 Å². The van der Waals surface area contributed by atoms with E-state index in [1.807, 2.05) is 30.3 Å². The second-order valence-corrected chi connectivity index (χ2v) is 4.51. The molecule has 0 aliphatic heterocycles. The number of hydrogen-bond acceptors (Lipinski definition) is 3. The Morgan fingerprint density at radius 1 is 1.47 bits per heavy atom. The molecule has 2 rings (SSSR count). The Hall–Kier alpha value is -1.39. The standard InChI is InChI=1S/C11H11NO2S/c12-8(6-11(13)14)10-5-7-3-1-2-4-9(7)15-10/h1-5,8H,6,12H2,(H,13,14). The topological polar surface area (TPSA) is 63.3 Å². The van der Waals surface area contributed by atoms with Crippen LogP contribution in [0.2, 0.25) is 0 Å². The highest BCUT2D eigenvalue weighted by Gasteiger charge is 2.13. The van der Waals surface area contributed by atoms with Gasteiger partial charge >= 0.3 is 5.97 Å². The van der Waals surface area contributed by atoms with Crippen LogP contribution in [-0.4, -0.2) is 11.1 Å². The molecule has 0 saturated heterocycles. The maximum atomic E-state index is 10.5. The molecule has 0 spiro atoms. The third kappa shape index (κ3) is 2.16. The van der Waals surface area contributed by atoms with Gasteiger partial charge in [-0.05, 0) is 17.5 Å². The van der Waals surface area contributed by atoms with E-state index in [2.05, 4.69) is 0 Å². The van der Waals surface area contributed by atoms with Crippen LogP contribution in [0.1, 0.15) is 17.3 Å². The molecule has 3 N–H and O–H groups in total. The molecular formula is C11H11NO2S. The monoisotopic (exact) mass is 221 g/mol. The molecule has 15 heavy (non-hydrogen) atoms. The maximum Gasteiger partial charge on any atom is 0.305 e. The van der Waals surface area contributed by atoms with Crippen LogP contribution in [0.3, 0.4) is 0 Å². The highest BCUT2D eigenvalue weighted by atomic mass is 32.1. The van der Waals surface area contributed by atoms with Gasteiger partial charge in [0.1, 0.15) is 0 Å². The van der Waals surface area contributed by atoms with Crippen LogP contribution in [0, 0.1) is 0 Å². The van der Waals surface area contributed by atoms with Gasteiger partial charge in [-0.1, -0.05) is 18.2 Å². The fourth-order valence-electron chi connectivity index (χ4n) is 1.47. The van der Waals surface area contributed by atoms with Gasteiger partial charge in [0.05, 0.1) is 6.42 Å². The van der Waals surface area contributed by atoms with Gasteiger partial charge in [-0.2, -0.15) is 0 Å². The smallest absolute Gasteiger partial charge is 0.305 e. The minimum Gasteiger partial charge on any atom is -0.481 e. The van der Waals surface area contributed by atoms with Crippen molar-refractivity contribution in [2.24, 2.45) is 5.73 Å². The lowest BCUT2D eigenvalue weighted by Gasteiger charge is -2.04. The van der Waals surface area contributed by atoms with E-state index in [0.717, 1.165) is 15.0 Å². The predicted molar refractivity (Wildman–Crippen MR) is 61.0 cm³/mol. The summed E-state index contributed by atoms with van der Waals surface area (Å²) in [4.78, 5) is 11.5. The Morgan fingerprint density at radius 3 is 2.87 bits per heavy atom. The van der Waals surface area contributed by atoms with Crippen LogP contribution in [-0.2, 0) is 4.79 Å². The minimum absolute atomic E-state index is 0.0210. The summed E-state index contributed by atoms with van der Waals surface area (Å²) in [5.41, 5.74) is 5.79. The molecule has 0 bridgehead atoms. The Labute approximate surface area is 91.1 Å². The van der Waals surface area contributed by atoms with Crippen molar-refractivity contribution in [2.45, 2.75) is 12.5 Å². The second-order valence-electron chi connectivity index (χ2n) is 3.39. The van der Waals surface area contributed by atoms with E-state index < -0.39 is 12.0 Å². The molecule has 0 radical (unpaired) electrons. The molecule has 1 aromatic carbocycles. The fraction of sp³-hybridized carbons (Fsp3) is 0.182. The number of benzene rings is 1. The third-order valence-electron chi connectivity index (χ3n) is 2.20. The summed E-state index contributed by atoms with van der Waals surface area (Å²) >= 11 is 1.56. The van der Waals surface area contributed by atoms with Crippen LogP contribution >= 0.6 is 11.3 Å². The van der Waals surface area contributed by atoms with Crippen molar-refractivity contribution in [3.8, 4) is 0 Å². The number of carboxylic acids is 1. The van der Waals surface area contributed by atoms with Gasteiger partial charge < -0.3 is 10.8 Å². The highest BCUT2D eigenvalue weighted by molar-refractivity contribution is 7.19. The number of nitrogens with two attached hydrogens (primary N) is 1. The van der Waals surface area contributed by atoms with E-state index in [9.17, 15) is 4.79 Å². The lowest BCUT2D eigenvalue weighted by molar-refractivity contribution is -0.137. The van der Waals surface area contributed by atoms with Gasteiger partial charge in [0.15, 0.2) is 0 Å². The molecule has 1 atom stereocenters. The molecule has 1 heterocycles. The van der Waals surface area contributed by atoms with Crippen LogP contribution < -0.4 is 5.73 Å². The summed E-state index contributed by atoms with van der Waals surface area (Å²) in [7, 11) is 0. The Kier molecular flexibility index (Phi) is 2.70. The first kappa shape index (κ1) is 10.1. The normalized spacial score (nSPS) is 12.9. The largest absolute Gasteiger partial charge is 0.481 e. The number of carbonyl (C=O) groups is 1. The molecule has 1 aromatic heterocycles. The van der Waals surface area contributed by atoms with Crippen molar-refractivity contribution in [1.29, 1.82) is 0 Å². The van der Waals surface area contributed by atoms with E-state index in [1.165, 1.54) is 0 Å². The van der Waals surface area contributed by atoms with E-state index >= 15 is 0 Å². The average molecular weight is 221 g/mol. The van der Waals surface area contributed by atoms with E-state index in [-0.39, 0.29) is 6.42 Å². The summed E-state index contributed by atoms with van der Waals surface area (Å²) < 4.78 is 1.15. The highest BCUT2D eigenvalue weighted by Crippen LogP contribution is 2.29. The lowest BCUT2D eigenvalue weighted by atomic mass is 10.1. The summed E-state index contributed by atoms with van der Waals surface area (Å²) in [6.45, 7) is 0. The minimum atomic E-state index is -0.861. The molecule has 0 saturated carbocycles. The quantitative estimate of drug-likeness (QED) is 0.836. The predicted octanol–water partition coefficient (Wildman–Crippen LogP) is 2.38. The molecular weight excluding hydrogens is 210 g/mol. The fourth-order valence-corrected chi connectivity index (χ4v) is 2.54. The number of aliphatic carboxylic acids is 1. The number of carboxylic acid groups (broad SMARTS) is 1. The number of hydrogen-bond donors (Lipinski definition) is 2. The molecule has 1 unspecified atom stereocenters. The first-order chi connectivity index (χ1) is 7.16. The SMILES string of the molecule is NC(CC(=O)O)c1cc2ccccc2s1. The molecule has 0 aliphatic carbocycles. The summed E-state index contributed by atoms with van der Waals surface area (Å²) in [6.07, 6.45) is -0.0210. The van der Waals surface area contributed by atoms with E-state index in [4.69, 9.17) is 10.8 Å². The Balaban J connectivity index is 2.32. The molecule has 0 aliphatic rings. The van der Waals surface area contributed by atoms with E-state index in [0.29, 0.717) is 0 Å². The zero-order valence-corrected chi connectivity index (χ0v) is 8.83. The van der Waals surface area contributed by atoms with Crippen molar-refractivity contribution in [2.75, 3.05) is 0 Å². The van der Waals surface area contributed by atoms with Crippen LogP contribution in [0.4, 0.5) is 0 Å². The summed E-state index contributed by atoms with van der Waals surface area (Å²) in [5, 5.41) is 9.77. The Bertz CT molecular complexity index is 459. The molecule has 78 valence electrons. The van der Waals surface area contributed by atoms with Gasteiger partial charge in [-0.15, -0.1) is 11.3 Å². The first-order valence-electron chi connectivity index (χ1n) is 4.62. The maximum absolute atomic E-state index is 10.5. The van der Waals surface area contributed by atoms with Gasteiger partial charge in [0, 0.05) is 15.6 Å².